The van der Waals surface area contributed by atoms with Crippen molar-refractivity contribution in [2.75, 3.05) is 0 Å². The minimum atomic E-state index is 0.521. The van der Waals surface area contributed by atoms with E-state index < -0.39 is 0 Å². The van der Waals surface area contributed by atoms with Crippen LogP contribution in [0.2, 0.25) is 5.15 Å². The molecule has 0 atom stereocenters. The number of rotatable bonds is 0. The van der Waals surface area contributed by atoms with Gasteiger partial charge in [0.15, 0.2) is 0 Å². The Morgan fingerprint density at radius 2 is 2.17 bits per heavy atom. The van der Waals surface area contributed by atoms with E-state index in [2.05, 4.69) is 9.97 Å². The minimum Gasteiger partial charge on any atom is -0.261 e. The Labute approximate surface area is 75.2 Å². The van der Waals surface area contributed by atoms with Crippen LogP contribution in [0.4, 0.5) is 0 Å². The lowest BCUT2D eigenvalue weighted by atomic mass is 10.2. The summed E-state index contributed by atoms with van der Waals surface area (Å²) in [7, 11) is 0. The number of hydrogen-bond donors (Lipinski definition) is 0. The van der Waals surface area contributed by atoms with E-state index in [1.54, 1.807) is 12.3 Å². The summed E-state index contributed by atoms with van der Waals surface area (Å²) in [5.41, 5.74) is 1.85. The van der Waals surface area contributed by atoms with Gasteiger partial charge in [0.25, 0.3) is 0 Å². The van der Waals surface area contributed by atoms with Gasteiger partial charge in [-0.15, -0.1) is 0 Å². The van der Waals surface area contributed by atoms with Crippen molar-refractivity contribution in [1.29, 1.82) is 0 Å². The van der Waals surface area contributed by atoms with Gasteiger partial charge in [0, 0.05) is 17.3 Å². The molecule has 2 aromatic rings. The van der Waals surface area contributed by atoms with Crippen LogP contribution >= 0.6 is 11.6 Å². The van der Waals surface area contributed by atoms with Crippen molar-refractivity contribution in [2.24, 2.45) is 0 Å². The van der Waals surface area contributed by atoms with Crippen LogP contribution in [0.1, 0.15) is 5.69 Å². The van der Waals surface area contributed by atoms with Crippen molar-refractivity contribution in [3.63, 3.8) is 0 Å². The maximum absolute atomic E-state index is 5.74. The molecular formula is C9H7ClN2. The van der Waals surface area contributed by atoms with Crippen LogP contribution in [0.3, 0.4) is 0 Å². The van der Waals surface area contributed by atoms with Gasteiger partial charge in [-0.25, -0.2) is 4.98 Å². The van der Waals surface area contributed by atoms with Gasteiger partial charge in [-0.05, 0) is 25.1 Å². The second-order valence-corrected chi connectivity index (χ2v) is 3.04. The summed E-state index contributed by atoms with van der Waals surface area (Å²) in [5.74, 6) is 0. The summed E-state index contributed by atoms with van der Waals surface area (Å²) < 4.78 is 0. The van der Waals surface area contributed by atoms with Gasteiger partial charge in [-0.1, -0.05) is 11.6 Å². The van der Waals surface area contributed by atoms with Crippen molar-refractivity contribution < 1.29 is 0 Å². The highest BCUT2D eigenvalue weighted by Crippen LogP contribution is 2.14. The van der Waals surface area contributed by atoms with Gasteiger partial charge in [-0.3, -0.25) is 4.98 Å². The molecule has 2 heterocycles. The quantitative estimate of drug-likeness (QED) is 0.580. The molecule has 60 valence electrons. The standard InChI is InChI=1S/C9H7ClN2/c1-6-4-8-7(5-11-6)2-3-9(10)12-8/h2-5H,1H3. The fourth-order valence-corrected chi connectivity index (χ4v) is 1.25. The van der Waals surface area contributed by atoms with Gasteiger partial charge >= 0.3 is 0 Å². The molecule has 0 fully saturated rings. The monoisotopic (exact) mass is 178 g/mol. The van der Waals surface area contributed by atoms with Crippen molar-refractivity contribution in [2.45, 2.75) is 6.92 Å². The lowest BCUT2D eigenvalue weighted by Crippen LogP contribution is -1.84. The Bertz CT molecular complexity index is 389. The molecular weight excluding hydrogens is 172 g/mol. The number of halogens is 1. The van der Waals surface area contributed by atoms with Gasteiger partial charge in [0.2, 0.25) is 0 Å². The third kappa shape index (κ3) is 1.25. The zero-order chi connectivity index (χ0) is 8.55. The maximum Gasteiger partial charge on any atom is 0.129 e. The molecule has 3 heteroatoms. The number of aromatic nitrogens is 2. The molecule has 0 unspecified atom stereocenters. The average Bonchev–Trinajstić information content (AvgIpc) is 2.03. The summed E-state index contributed by atoms with van der Waals surface area (Å²) in [6, 6.07) is 5.60. The van der Waals surface area contributed by atoms with Gasteiger partial charge < -0.3 is 0 Å². The molecule has 0 aliphatic heterocycles. The molecule has 2 aromatic heterocycles. The second-order valence-electron chi connectivity index (χ2n) is 2.65. The first-order valence-corrected chi connectivity index (χ1v) is 4.02. The van der Waals surface area contributed by atoms with Crippen LogP contribution in [0.15, 0.2) is 24.4 Å². The average molecular weight is 179 g/mol. The van der Waals surface area contributed by atoms with Crippen molar-refractivity contribution in [1.82, 2.24) is 9.97 Å². The van der Waals surface area contributed by atoms with E-state index in [0.29, 0.717) is 5.15 Å². The summed E-state index contributed by atoms with van der Waals surface area (Å²) in [6.07, 6.45) is 1.80. The smallest absolute Gasteiger partial charge is 0.129 e. The SMILES string of the molecule is Cc1cc2nc(Cl)ccc2cn1. The third-order valence-electron chi connectivity index (χ3n) is 1.68. The van der Waals surface area contributed by atoms with Crippen molar-refractivity contribution >= 4 is 22.5 Å². The summed E-state index contributed by atoms with van der Waals surface area (Å²) in [4.78, 5) is 8.32. The van der Waals surface area contributed by atoms with Crippen molar-refractivity contribution in [3.8, 4) is 0 Å². The molecule has 0 amide bonds. The molecule has 12 heavy (non-hydrogen) atoms. The normalized spacial score (nSPS) is 10.5. The Kier molecular flexibility index (Phi) is 1.70. The predicted octanol–water partition coefficient (Wildman–Crippen LogP) is 2.59. The highest BCUT2D eigenvalue weighted by atomic mass is 35.5. The molecule has 0 saturated heterocycles. The highest BCUT2D eigenvalue weighted by Gasteiger charge is 1.96. The molecule has 0 aliphatic carbocycles. The van der Waals surface area contributed by atoms with E-state index in [9.17, 15) is 0 Å². The van der Waals surface area contributed by atoms with Crippen LogP contribution in [-0.4, -0.2) is 9.97 Å². The summed E-state index contributed by atoms with van der Waals surface area (Å²) in [6.45, 7) is 1.93. The Morgan fingerprint density at radius 1 is 1.33 bits per heavy atom. The van der Waals surface area contributed by atoms with E-state index >= 15 is 0 Å². The Balaban J connectivity index is 2.80. The zero-order valence-corrected chi connectivity index (χ0v) is 7.34. The van der Waals surface area contributed by atoms with Gasteiger partial charge in [-0.2, -0.15) is 0 Å². The summed E-state index contributed by atoms with van der Waals surface area (Å²) >= 11 is 5.74. The lowest BCUT2D eigenvalue weighted by molar-refractivity contribution is 1.21. The maximum atomic E-state index is 5.74. The van der Waals surface area contributed by atoms with Crippen LogP contribution in [0, 0.1) is 6.92 Å². The minimum absolute atomic E-state index is 0.521. The molecule has 0 bridgehead atoms. The number of hydrogen-bond acceptors (Lipinski definition) is 2. The van der Waals surface area contributed by atoms with Gasteiger partial charge in [0.1, 0.15) is 5.15 Å². The number of aryl methyl sites for hydroxylation is 1. The number of pyridine rings is 2. The first kappa shape index (κ1) is 7.50. The number of fused-ring (bicyclic) bond motifs is 1. The van der Waals surface area contributed by atoms with Gasteiger partial charge in [0.05, 0.1) is 5.52 Å². The lowest BCUT2D eigenvalue weighted by Gasteiger charge is -1.97. The molecule has 0 saturated carbocycles. The Morgan fingerprint density at radius 3 is 3.00 bits per heavy atom. The largest absolute Gasteiger partial charge is 0.261 e. The first-order chi connectivity index (χ1) is 5.75. The van der Waals surface area contributed by atoms with E-state index in [0.717, 1.165) is 16.6 Å². The second kappa shape index (κ2) is 2.72. The molecule has 0 aromatic carbocycles. The predicted molar refractivity (Wildman–Crippen MR) is 49.3 cm³/mol. The molecule has 2 rings (SSSR count). The molecule has 2 nitrogen and oxygen atoms in total. The molecule has 0 radical (unpaired) electrons. The highest BCUT2D eigenvalue weighted by molar-refractivity contribution is 6.29. The molecule has 0 N–H and O–H groups in total. The summed E-state index contributed by atoms with van der Waals surface area (Å²) in [5, 5.41) is 1.54. The zero-order valence-electron chi connectivity index (χ0n) is 6.58. The van der Waals surface area contributed by atoms with E-state index in [-0.39, 0.29) is 0 Å². The third-order valence-corrected chi connectivity index (χ3v) is 1.89. The Hall–Kier alpha value is -1.15. The fourth-order valence-electron chi connectivity index (χ4n) is 1.09. The van der Waals surface area contributed by atoms with Crippen LogP contribution in [0.25, 0.3) is 10.9 Å². The van der Waals surface area contributed by atoms with Crippen molar-refractivity contribution in [3.05, 3.63) is 35.2 Å². The van der Waals surface area contributed by atoms with E-state index in [1.165, 1.54) is 0 Å². The van der Waals surface area contributed by atoms with E-state index in [4.69, 9.17) is 11.6 Å². The molecule has 0 spiro atoms. The van der Waals surface area contributed by atoms with Crippen LogP contribution < -0.4 is 0 Å². The first-order valence-electron chi connectivity index (χ1n) is 3.64. The van der Waals surface area contributed by atoms with Crippen LogP contribution in [-0.2, 0) is 0 Å². The molecule has 0 aliphatic rings. The van der Waals surface area contributed by atoms with E-state index in [1.807, 2.05) is 19.1 Å². The number of nitrogens with zero attached hydrogens (tertiary/aromatic N) is 2. The fraction of sp³-hybridized carbons (Fsp3) is 0.111. The topological polar surface area (TPSA) is 25.8 Å². The van der Waals surface area contributed by atoms with Crippen LogP contribution in [0.5, 0.6) is 0 Å².